The molecule has 4 heteroatoms. The van der Waals surface area contributed by atoms with Crippen LogP contribution < -0.4 is 10.1 Å². The number of ether oxygens (including phenoxy) is 1. The number of hydrogen-bond acceptors (Lipinski definition) is 4. The maximum absolute atomic E-state index is 5.47. The zero-order chi connectivity index (χ0) is 14.4. The molecule has 0 unspecified atom stereocenters. The van der Waals surface area contributed by atoms with Crippen LogP contribution >= 0.6 is 11.8 Å². The number of rotatable bonds is 9. The third kappa shape index (κ3) is 5.35. The van der Waals surface area contributed by atoms with Crippen molar-refractivity contribution in [2.24, 2.45) is 0 Å². The van der Waals surface area contributed by atoms with Gasteiger partial charge in [-0.3, -0.25) is 0 Å². The van der Waals surface area contributed by atoms with Gasteiger partial charge in [-0.2, -0.15) is 11.8 Å². The Bertz CT molecular complexity index is 419. The molecule has 0 saturated heterocycles. The van der Waals surface area contributed by atoms with E-state index < -0.39 is 0 Å². The largest absolute Gasteiger partial charge is 0.496 e. The molecule has 0 atom stereocenters. The molecular weight excluding hydrogens is 268 g/mol. The first kappa shape index (κ1) is 15.7. The van der Waals surface area contributed by atoms with Crippen molar-refractivity contribution >= 4 is 11.8 Å². The van der Waals surface area contributed by atoms with Gasteiger partial charge in [0.05, 0.1) is 7.11 Å². The lowest BCUT2D eigenvalue weighted by molar-refractivity contribution is 0.411. The molecule has 0 aliphatic heterocycles. The maximum atomic E-state index is 5.47. The Morgan fingerprint density at radius 3 is 2.80 bits per heavy atom. The molecular formula is C16H26N2OS. The molecule has 1 aliphatic carbocycles. The van der Waals surface area contributed by atoms with E-state index in [0.717, 1.165) is 36.4 Å². The van der Waals surface area contributed by atoms with Crippen molar-refractivity contribution in [3.63, 3.8) is 0 Å². The molecule has 1 aromatic rings. The summed E-state index contributed by atoms with van der Waals surface area (Å²) in [6, 6.07) is 7.32. The SMILES string of the molecule is COc1ccc(CNC2CC2)cc1CSCCN(C)C. The van der Waals surface area contributed by atoms with E-state index in [-0.39, 0.29) is 0 Å². The second kappa shape index (κ2) is 7.91. The van der Waals surface area contributed by atoms with Crippen LogP contribution in [0.2, 0.25) is 0 Å². The van der Waals surface area contributed by atoms with Gasteiger partial charge in [-0.25, -0.2) is 0 Å². The zero-order valence-corrected chi connectivity index (χ0v) is 13.6. The van der Waals surface area contributed by atoms with Crippen LogP contribution in [0.25, 0.3) is 0 Å². The summed E-state index contributed by atoms with van der Waals surface area (Å²) < 4.78 is 5.47. The second-order valence-corrected chi connectivity index (χ2v) is 6.76. The van der Waals surface area contributed by atoms with Crippen LogP contribution in [0, 0.1) is 0 Å². The highest BCUT2D eigenvalue weighted by molar-refractivity contribution is 7.98. The van der Waals surface area contributed by atoms with E-state index in [0.29, 0.717) is 0 Å². The Hall–Kier alpha value is -0.710. The summed E-state index contributed by atoms with van der Waals surface area (Å²) in [7, 11) is 5.99. The first-order valence-corrected chi connectivity index (χ1v) is 8.46. The average Bonchev–Trinajstić information content (AvgIpc) is 3.25. The number of methoxy groups -OCH3 is 1. The molecule has 1 aromatic carbocycles. The van der Waals surface area contributed by atoms with Gasteiger partial charge < -0.3 is 15.0 Å². The first-order valence-electron chi connectivity index (χ1n) is 7.30. The number of thioether (sulfide) groups is 1. The summed E-state index contributed by atoms with van der Waals surface area (Å²) in [5, 5.41) is 3.57. The van der Waals surface area contributed by atoms with Crippen LogP contribution in [-0.4, -0.2) is 44.4 Å². The second-order valence-electron chi connectivity index (χ2n) is 5.66. The molecule has 0 spiro atoms. The number of nitrogens with one attached hydrogen (secondary N) is 1. The molecule has 0 amide bonds. The Morgan fingerprint density at radius 2 is 2.15 bits per heavy atom. The lowest BCUT2D eigenvalue weighted by Crippen LogP contribution is -2.15. The monoisotopic (exact) mass is 294 g/mol. The fraction of sp³-hybridized carbons (Fsp3) is 0.625. The zero-order valence-electron chi connectivity index (χ0n) is 12.8. The van der Waals surface area contributed by atoms with E-state index >= 15 is 0 Å². The van der Waals surface area contributed by atoms with Gasteiger partial charge in [0.1, 0.15) is 5.75 Å². The summed E-state index contributed by atoms with van der Waals surface area (Å²) >= 11 is 1.97. The average molecular weight is 294 g/mol. The van der Waals surface area contributed by atoms with Gasteiger partial charge in [0.25, 0.3) is 0 Å². The molecule has 0 bridgehead atoms. The van der Waals surface area contributed by atoms with Crippen LogP contribution in [0.5, 0.6) is 5.75 Å². The quantitative estimate of drug-likeness (QED) is 0.708. The third-order valence-electron chi connectivity index (χ3n) is 3.46. The Kier molecular flexibility index (Phi) is 6.20. The fourth-order valence-corrected chi connectivity index (χ4v) is 3.12. The van der Waals surface area contributed by atoms with E-state index in [9.17, 15) is 0 Å². The highest BCUT2D eigenvalue weighted by atomic mass is 32.2. The standard InChI is InChI=1S/C16H26N2OS/c1-18(2)8-9-20-12-14-10-13(4-7-16(14)19-3)11-17-15-5-6-15/h4,7,10,15,17H,5-6,8-9,11-12H2,1-3H3. The van der Waals surface area contributed by atoms with Gasteiger partial charge in [-0.05, 0) is 44.6 Å². The summed E-state index contributed by atoms with van der Waals surface area (Å²) in [6.45, 7) is 2.10. The molecule has 3 nitrogen and oxygen atoms in total. The molecule has 1 saturated carbocycles. The minimum Gasteiger partial charge on any atom is -0.496 e. The van der Waals surface area contributed by atoms with Gasteiger partial charge in [-0.15, -0.1) is 0 Å². The molecule has 20 heavy (non-hydrogen) atoms. The number of nitrogens with zero attached hydrogens (tertiary/aromatic N) is 1. The Labute approximate surface area is 127 Å². The molecule has 112 valence electrons. The van der Waals surface area contributed by atoms with Crippen molar-refractivity contribution in [2.75, 3.05) is 33.5 Å². The van der Waals surface area contributed by atoms with E-state index in [1.165, 1.54) is 24.0 Å². The normalized spacial score (nSPS) is 14.8. The van der Waals surface area contributed by atoms with Gasteiger partial charge in [0, 0.05) is 36.2 Å². The predicted molar refractivity (Wildman–Crippen MR) is 87.6 cm³/mol. The third-order valence-corrected chi connectivity index (χ3v) is 4.44. The summed E-state index contributed by atoms with van der Waals surface area (Å²) in [5.41, 5.74) is 2.67. The first-order chi connectivity index (χ1) is 9.69. The van der Waals surface area contributed by atoms with Gasteiger partial charge >= 0.3 is 0 Å². The van der Waals surface area contributed by atoms with Crippen molar-refractivity contribution < 1.29 is 4.74 Å². The van der Waals surface area contributed by atoms with Crippen molar-refractivity contribution in [3.05, 3.63) is 29.3 Å². The van der Waals surface area contributed by atoms with Gasteiger partial charge in [-0.1, -0.05) is 6.07 Å². The molecule has 0 aromatic heterocycles. The lowest BCUT2D eigenvalue weighted by Gasteiger charge is -2.12. The molecule has 0 heterocycles. The summed E-state index contributed by atoms with van der Waals surface area (Å²) in [6.07, 6.45) is 2.67. The molecule has 1 fully saturated rings. The van der Waals surface area contributed by atoms with Crippen LogP contribution in [0.4, 0.5) is 0 Å². The molecule has 2 rings (SSSR count). The minimum absolute atomic E-state index is 0.759. The Morgan fingerprint density at radius 1 is 1.35 bits per heavy atom. The molecule has 0 radical (unpaired) electrons. The van der Waals surface area contributed by atoms with Crippen LogP contribution in [0.1, 0.15) is 24.0 Å². The van der Waals surface area contributed by atoms with Crippen LogP contribution in [0.3, 0.4) is 0 Å². The number of benzene rings is 1. The highest BCUT2D eigenvalue weighted by Crippen LogP contribution is 2.25. The fourth-order valence-electron chi connectivity index (χ4n) is 2.03. The number of hydrogen-bond donors (Lipinski definition) is 1. The van der Waals surface area contributed by atoms with Gasteiger partial charge in [0.15, 0.2) is 0 Å². The minimum atomic E-state index is 0.759. The highest BCUT2D eigenvalue weighted by Gasteiger charge is 2.20. The lowest BCUT2D eigenvalue weighted by atomic mass is 10.1. The molecule has 1 N–H and O–H groups in total. The van der Waals surface area contributed by atoms with Crippen LogP contribution in [0.15, 0.2) is 18.2 Å². The van der Waals surface area contributed by atoms with E-state index in [1.54, 1.807) is 7.11 Å². The summed E-state index contributed by atoms with van der Waals surface area (Å²) in [4.78, 5) is 2.22. The van der Waals surface area contributed by atoms with E-state index in [4.69, 9.17) is 4.74 Å². The van der Waals surface area contributed by atoms with Crippen molar-refractivity contribution in [2.45, 2.75) is 31.2 Å². The van der Waals surface area contributed by atoms with Gasteiger partial charge in [0.2, 0.25) is 0 Å². The van der Waals surface area contributed by atoms with E-state index in [1.807, 2.05) is 11.8 Å². The predicted octanol–water partition coefficient (Wildman–Crippen LogP) is 2.74. The Balaban J connectivity index is 1.87. The van der Waals surface area contributed by atoms with Crippen molar-refractivity contribution in [1.29, 1.82) is 0 Å². The topological polar surface area (TPSA) is 24.5 Å². The van der Waals surface area contributed by atoms with Crippen molar-refractivity contribution in [1.82, 2.24) is 10.2 Å². The van der Waals surface area contributed by atoms with Crippen LogP contribution in [-0.2, 0) is 12.3 Å². The van der Waals surface area contributed by atoms with E-state index in [2.05, 4.69) is 42.5 Å². The van der Waals surface area contributed by atoms with Crippen molar-refractivity contribution in [3.8, 4) is 5.75 Å². The smallest absolute Gasteiger partial charge is 0.122 e. The molecule has 1 aliphatic rings. The summed E-state index contributed by atoms with van der Waals surface area (Å²) in [5.74, 6) is 3.19. The maximum Gasteiger partial charge on any atom is 0.122 e.